The predicted octanol–water partition coefficient (Wildman–Crippen LogP) is 2.25. The number of aromatic nitrogens is 2. The molecule has 0 saturated carbocycles. The van der Waals surface area contributed by atoms with Crippen molar-refractivity contribution in [2.24, 2.45) is 0 Å². The van der Waals surface area contributed by atoms with E-state index in [1.54, 1.807) is 23.9 Å². The van der Waals surface area contributed by atoms with Crippen molar-refractivity contribution in [1.29, 1.82) is 0 Å². The maximum Gasteiger partial charge on any atom is 0.243 e. The van der Waals surface area contributed by atoms with Gasteiger partial charge in [-0.3, -0.25) is 4.79 Å². The monoisotopic (exact) mass is 472 g/mol. The zero-order valence-corrected chi connectivity index (χ0v) is 19.2. The molecule has 2 aromatic rings. The summed E-state index contributed by atoms with van der Waals surface area (Å²) in [6.45, 7) is 3.43. The summed E-state index contributed by atoms with van der Waals surface area (Å²) in [5.74, 6) is 1.20. The lowest BCUT2D eigenvalue weighted by Gasteiger charge is -2.26. The highest BCUT2D eigenvalue weighted by atomic mass is 32.2. The van der Waals surface area contributed by atoms with Gasteiger partial charge in [-0.1, -0.05) is 30.0 Å². The highest BCUT2D eigenvalue weighted by Gasteiger charge is 2.27. The summed E-state index contributed by atoms with van der Waals surface area (Å²) >= 11 is 2.89. The van der Waals surface area contributed by atoms with Crippen molar-refractivity contribution in [2.75, 3.05) is 44.5 Å². The molecule has 1 saturated heterocycles. The van der Waals surface area contributed by atoms with E-state index in [-0.39, 0.29) is 17.2 Å². The topological polar surface area (TPSA) is 111 Å². The number of benzene rings is 1. The Labute approximate surface area is 184 Å². The van der Waals surface area contributed by atoms with Gasteiger partial charge in [0.2, 0.25) is 21.1 Å². The maximum absolute atomic E-state index is 12.9. The molecule has 0 aliphatic carbocycles. The van der Waals surface area contributed by atoms with Crippen molar-refractivity contribution in [1.82, 2.24) is 14.5 Å². The van der Waals surface area contributed by atoms with Crippen LogP contribution < -0.4 is 10.1 Å². The molecule has 0 bridgehead atoms. The van der Waals surface area contributed by atoms with Crippen molar-refractivity contribution in [2.45, 2.75) is 29.0 Å². The molecule has 9 nitrogen and oxygen atoms in total. The fraction of sp³-hybridized carbons (Fsp3) is 0.500. The van der Waals surface area contributed by atoms with Gasteiger partial charge >= 0.3 is 0 Å². The number of carbonyl (C=O) groups is 1. The average Bonchev–Trinajstić information content (AvgIpc) is 3.19. The smallest absolute Gasteiger partial charge is 0.243 e. The van der Waals surface area contributed by atoms with Gasteiger partial charge in [-0.05, 0) is 35.9 Å². The standard InChI is InChI=1S/C18H24N4O5S3/c1-3-28-18-21-20-17(29-18)19-16(23)7-4-13-12-14(5-6-15(13)26-2)30(24,25)22-8-10-27-11-9-22/h5-6,12H,3-4,7-11H2,1-2H3,(H,19,20,23). The molecule has 0 atom stereocenters. The normalized spacial score (nSPS) is 15.1. The number of nitrogens with zero attached hydrogens (tertiary/aromatic N) is 3. The van der Waals surface area contributed by atoms with Gasteiger partial charge < -0.3 is 14.8 Å². The highest BCUT2D eigenvalue weighted by Crippen LogP contribution is 2.27. The molecule has 1 amide bonds. The first kappa shape index (κ1) is 22.9. The number of nitrogens with one attached hydrogen (secondary N) is 1. The third-order valence-corrected chi connectivity index (χ3v) is 8.15. The molecule has 164 valence electrons. The van der Waals surface area contributed by atoms with Crippen molar-refractivity contribution in [3.63, 3.8) is 0 Å². The number of thioether (sulfide) groups is 1. The second-order valence-corrected chi connectivity index (χ2v) is 10.8. The fourth-order valence-electron chi connectivity index (χ4n) is 2.92. The Morgan fingerprint density at radius 3 is 2.80 bits per heavy atom. The van der Waals surface area contributed by atoms with E-state index >= 15 is 0 Å². The SMILES string of the molecule is CCSc1nnc(NC(=O)CCc2cc(S(=O)(=O)N3CCOCC3)ccc2OC)s1. The highest BCUT2D eigenvalue weighted by molar-refractivity contribution is 8.01. The summed E-state index contributed by atoms with van der Waals surface area (Å²) in [7, 11) is -2.10. The van der Waals surface area contributed by atoms with Crippen LogP contribution in [0.5, 0.6) is 5.75 Å². The van der Waals surface area contributed by atoms with E-state index in [1.165, 1.54) is 28.8 Å². The number of aryl methyl sites for hydroxylation is 1. The third-order valence-electron chi connectivity index (χ3n) is 4.40. The zero-order chi connectivity index (χ0) is 21.6. The number of methoxy groups -OCH3 is 1. The number of sulfonamides is 1. The molecule has 0 radical (unpaired) electrons. The van der Waals surface area contributed by atoms with Gasteiger partial charge in [0.1, 0.15) is 5.75 Å². The molecule has 0 unspecified atom stereocenters. The largest absolute Gasteiger partial charge is 0.496 e. The number of amides is 1. The van der Waals surface area contributed by atoms with E-state index in [1.807, 2.05) is 6.92 Å². The minimum absolute atomic E-state index is 0.160. The quantitative estimate of drug-likeness (QED) is 0.437. The summed E-state index contributed by atoms with van der Waals surface area (Å²) < 4.78 is 38.6. The fourth-order valence-corrected chi connectivity index (χ4v) is 6.04. The molecule has 1 aromatic carbocycles. The first-order valence-corrected chi connectivity index (χ1v) is 12.7. The van der Waals surface area contributed by atoms with Gasteiger partial charge in [0.05, 0.1) is 25.2 Å². The molecule has 1 N–H and O–H groups in total. The Balaban J connectivity index is 1.68. The van der Waals surface area contributed by atoms with Gasteiger partial charge in [-0.15, -0.1) is 10.2 Å². The van der Waals surface area contributed by atoms with E-state index in [0.29, 0.717) is 49.2 Å². The molecule has 1 fully saturated rings. The number of hydrogen-bond acceptors (Lipinski definition) is 9. The lowest BCUT2D eigenvalue weighted by molar-refractivity contribution is -0.116. The van der Waals surface area contributed by atoms with E-state index in [4.69, 9.17) is 9.47 Å². The molecule has 1 aliphatic rings. The molecule has 1 aliphatic heterocycles. The predicted molar refractivity (Wildman–Crippen MR) is 116 cm³/mol. The molecular formula is C18H24N4O5S3. The summed E-state index contributed by atoms with van der Waals surface area (Å²) in [5, 5.41) is 11.1. The number of rotatable bonds is 9. The van der Waals surface area contributed by atoms with Crippen LogP contribution in [0.4, 0.5) is 5.13 Å². The molecule has 30 heavy (non-hydrogen) atoms. The van der Waals surface area contributed by atoms with Gasteiger partial charge in [-0.2, -0.15) is 4.31 Å². The van der Waals surface area contributed by atoms with Gasteiger partial charge in [0.25, 0.3) is 0 Å². The number of carbonyl (C=O) groups excluding carboxylic acids is 1. The van der Waals surface area contributed by atoms with Crippen LogP contribution in [0.15, 0.2) is 27.4 Å². The van der Waals surface area contributed by atoms with Gasteiger partial charge in [-0.25, -0.2) is 8.42 Å². The Bertz CT molecular complexity index is 974. The molecule has 2 heterocycles. The van der Waals surface area contributed by atoms with Crippen molar-refractivity contribution < 1.29 is 22.7 Å². The number of morpholine rings is 1. The van der Waals surface area contributed by atoms with Crippen LogP contribution in [-0.4, -0.2) is 68.0 Å². The summed E-state index contributed by atoms with van der Waals surface area (Å²) in [6.07, 6.45) is 0.490. The second-order valence-electron chi connectivity index (χ2n) is 6.34. The van der Waals surface area contributed by atoms with Crippen LogP contribution in [0, 0.1) is 0 Å². The molecule has 1 aromatic heterocycles. The first-order chi connectivity index (χ1) is 14.4. The van der Waals surface area contributed by atoms with Gasteiger partial charge in [0.15, 0.2) is 4.34 Å². The van der Waals surface area contributed by atoms with Crippen LogP contribution in [0.2, 0.25) is 0 Å². The van der Waals surface area contributed by atoms with E-state index in [2.05, 4.69) is 15.5 Å². The Kier molecular flexibility index (Phi) is 8.06. The van der Waals surface area contributed by atoms with Crippen molar-refractivity contribution in [3.8, 4) is 5.75 Å². The van der Waals surface area contributed by atoms with Crippen LogP contribution in [-0.2, 0) is 26.0 Å². The van der Waals surface area contributed by atoms with Gasteiger partial charge in [0, 0.05) is 19.5 Å². The Hall–Kier alpha value is -1.73. The summed E-state index contributed by atoms with van der Waals surface area (Å²) in [4.78, 5) is 12.5. The zero-order valence-electron chi connectivity index (χ0n) is 16.8. The Morgan fingerprint density at radius 2 is 2.10 bits per heavy atom. The first-order valence-electron chi connectivity index (χ1n) is 9.45. The number of hydrogen-bond donors (Lipinski definition) is 1. The van der Waals surface area contributed by atoms with Crippen LogP contribution >= 0.6 is 23.1 Å². The van der Waals surface area contributed by atoms with Crippen molar-refractivity contribution >= 4 is 44.2 Å². The lowest BCUT2D eigenvalue weighted by atomic mass is 10.1. The minimum atomic E-state index is -3.62. The third kappa shape index (κ3) is 5.70. The van der Waals surface area contributed by atoms with Crippen molar-refractivity contribution in [3.05, 3.63) is 23.8 Å². The van der Waals surface area contributed by atoms with E-state index in [9.17, 15) is 13.2 Å². The average molecular weight is 473 g/mol. The van der Waals surface area contributed by atoms with E-state index in [0.717, 1.165) is 10.1 Å². The minimum Gasteiger partial charge on any atom is -0.496 e. The Morgan fingerprint density at radius 1 is 1.33 bits per heavy atom. The summed E-state index contributed by atoms with van der Waals surface area (Å²) in [6, 6.07) is 4.73. The van der Waals surface area contributed by atoms with E-state index < -0.39 is 10.0 Å². The number of anilines is 1. The summed E-state index contributed by atoms with van der Waals surface area (Å²) in [5.41, 5.74) is 0.654. The molecule has 12 heteroatoms. The van der Waals surface area contributed by atoms with Crippen LogP contribution in [0.25, 0.3) is 0 Å². The van der Waals surface area contributed by atoms with Crippen LogP contribution in [0.3, 0.4) is 0 Å². The maximum atomic E-state index is 12.9. The lowest BCUT2D eigenvalue weighted by Crippen LogP contribution is -2.40. The molecule has 0 spiro atoms. The number of ether oxygens (including phenoxy) is 2. The molecule has 3 rings (SSSR count). The van der Waals surface area contributed by atoms with Crippen LogP contribution in [0.1, 0.15) is 18.9 Å². The molecular weight excluding hydrogens is 448 g/mol. The second kappa shape index (κ2) is 10.5.